The number of Topliss-reactive ketones (excluding diaryl/α,β-unsaturated/α-hetero) is 1. The summed E-state index contributed by atoms with van der Waals surface area (Å²) >= 11 is 0. The van der Waals surface area contributed by atoms with Crippen molar-refractivity contribution < 1.29 is 9.90 Å². The molecular weight excluding hydrogens is 374 g/mol. The van der Waals surface area contributed by atoms with Gasteiger partial charge < -0.3 is 15.7 Å². The summed E-state index contributed by atoms with van der Waals surface area (Å²) < 4.78 is 2.22. The van der Waals surface area contributed by atoms with E-state index in [0.29, 0.717) is 39.1 Å². The number of benzene rings is 1. The first-order valence-electron chi connectivity index (χ1n) is 9.73. The maximum Gasteiger partial charge on any atom is 0.332 e. The van der Waals surface area contributed by atoms with Gasteiger partial charge in [-0.3, -0.25) is 23.6 Å². The minimum atomic E-state index is -0.655. The van der Waals surface area contributed by atoms with Crippen LogP contribution in [0, 0.1) is 0 Å². The Morgan fingerprint density at radius 2 is 1.79 bits per heavy atom. The fourth-order valence-corrected chi connectivity index (χ4v) is 3.65. The van der Waals surface area contributed by atoms with Gasteiger partial charge >= 0.3 is 5.69 Å². The number of aromatic hydroxyl groups is 1. The van der Waals surface area contributed by atoms with Crippen molar-refractivity contribution in [3.8, 4) is 5.75 Å². The van der Waals surface area contributed by atoms with Crippen molar-refractivity contribution in [1.29, 1.82) is 0 Å². The molecule has 9 heteroatoms. The summed E-state index contributed by atoms with van der Waals surface area (Å²) in [6, 6.07) is 7.15. The zero-order chi connectivity index (χ0) is 21.1. The number of carbonyl (C=O) groups is 1. The average molecular weight is 401 g/mol. The number of hydrogen-bond donors (Lipinski definition) is 2. The molecule has 0 bridgehead atoms. The summed E-state index contributed by atoms with van der Waals surface area (Å²) in [7, 11) is 1.36. The van der Waals surface area contributed by atoms with Gasteiger partial charge in [-0.05, 0) is 18.6 Å². The van der Waals surface area contributed by atoms with Gasteiger partial charge in [0.05, 0.1) is 12.2 Å². The van der Waals surface area contributed by atoms with Crippen LogP contribution in [0.1, 0.15) is 23.7 Å². The highest BCUT2D eigenvalue weighted by atomic mass is 16.3. The summed E-state index contributed by atoms with van der Waals surface area (Å²) in [5.74, 6) is -0.215. The SMILES string of the molecule is CCCn1c(N)c(C(=O)CN2CCN(c3ccccc3O)CC2)c(=O)n(C)c1=O. The summed E-state index contributed by atoms with van der Waals surface area (Å²) in [6.07, 6.45) is 0.657. The highest BCUT2D eigenvalue weighted by molar-refractivity contribution is 6.01. The fourth-order valence-electron chi connectivity index (χ4n) is 3.65. The Hall–Kier alpha value is -3.07. The predicted octanol–water partition coefficient (Wildman–Crippen LogP) is 0.250. The molecule has 1 saturated heterocycles. The van der Waals surface area contributed by atoms with Crippen LogP contribution in [-0.4, -0.2) is 57.6 Å². The van der Waals surface area contributed by atoms with E-state index < -0.39 is 11.2 Å². The van der Waals surface area contributed by atoms with Gasteiger partial charge in [0.25, 0.3) is 5.56 Å². The monoisotopic (exact) mass is 401 g/mol. The molecule has 0 amide bonds. The number of rotatable bonds is 6. The van der Waals surface area contributed by atoms with E-state index in [4.69, 9.17) is 5.73 Å². The lowest BCUT2D eigenvalue weighted by atomic mass is 10.1. The third kappa shape index (κ3) is 4.04. The van der Waals surface area contributed by atoms with Crippen LogP contribution in [0.25, 0.3) is 0 Å². The highest BCUT2D eigenvalue weighted by Crippen LogP contribution is 2.27. The van der Waals surface area contributed by atoms with Gasteiger partial charge in [0.1, 0.15) is 17.1 Å². The minimum absolute atomic E-state index is 0.0539. The van der Waals surface area contributed by atoms with Crippen LogP contribution in [0.5, 0.6) is 5.75 Å². The number of nitrogen functional groups attached to an aromatic ring is 1. The van der Waals surface area contributed by atoms with Crippen molar-refractivity contribution in [2.24, 2.45) is 7.05 Å². The van der Waals surface area contributed by atoms with E-state index in [1.165, 1.54) is 11.6 Å². The molecule has 9 nitrogen and oxygen atoms in total. The largest absolute Gasteiger partial charge is 0.506 e. The third-order valence-electron chi connectivity index (χ3n) is 5.27. The first-order valence-corrected chi connectivity index (χ1v) is 9.73. The van der Waals surface area contributed by atoms with E-state index in [1.54, 1.807) is 12.1 Å². The molecule has 3 N–H and O–H groups in total. The molecule has 1 fully saturated rings. The molecule has 0 aliphatic carbocycles. The Bertz CT molecular complexity index is 1020. The van der Waals surface area contributed by atoms with Crippen LogP contribution >= 0.6 is 0 Å². The molecule has 0 radical (unpaired) electrons. The Labute approximate surface area is 168 Å². The second kappa shape index (κ2) is 8.52. The number of nitrogens with zero attached hydrogens (tertiary/aromatic N) is 4. The van der Waals surface area contributed by atoms with Crippen LogP contribution < -0.4 is 21.9 Å². The number of hydrogen-bond acceptors (Lipinski definition) is 7. The maximum atomic E-state index is 12.9. The lowest BCUT2D eigenvalue weighted by Crippen LogP contribution is -2.49. The van der Waals surface area contributed by atoms with E-state index in [2.05, 4.69) is 4.90 Å². The van der Waals surface area contributed by atoms with Gasteiger partial charge in [0, 0.05) is 39.8 Å². The number of piperazine rings is 1. The van der Waals surface area contributed by atoms with Crippen LogP contribution in [0.2, 0.25) is 0 Å². The predicted molar refractivity (Wildman–Crippen MR) is 112 cm³/mol. The van der Waals surface area contributed by atoms with Gasteiger partial charge in [0.15, 0.2) is 5.78 Å². The Morgan fingerprint density at radius 3 is 2.41 bits per heavy atom. The molecular formula is C20H27N5O4. The molecule has 0 atom stereocenters. The Balaban J connectivity index is 1.74. The van der Waals surface area contributed by atoms with E-state index in [1.807, 2.05) is 24.0 Å². The van der Waals surface area contributed by atoms with E-state index in [0.717, 1.165) is 10.3 Å². The zero-order valence-electron chi connectivity index (χ0n) is 16.8. The molecule has 1 aliphatic rings. The number of ketones is 1. The second-order valence-electron chi connectivity index (χ2n) is 7.23. The second-order valence-corrected chi connectivity index (χ2v) is 7.23. The molecule has 0 saturated carbocycles. The molecule has 2 aromatic rings. The van der Waals surface area contributed by atoms with Crippen molar-refractivity contribution in [1.82, 2.24) is 14.0 Å². The lowest BCUT2D eigenvalue weighted by Gasteiger charge is -2.36. The maximum absolute atomic E-state index is 12.9. The molecule has 29 heavy (non-hydrogen) atoms. The van der Waals surface area contributed by atoms with Crippen molar-refractivity contribution in [3.63, 3.8) is 0 Å². The molecule has 2 heterocycles. The molecule has 0 spiro atoms. The number of phenols is 1. The first-order chi connectivity index (χ1) is 13.8. The van der Waals surface area contributed by atoms with Crippen LogP contribution in [0.3, 0.4) is 0 Å². The number of nitrogens with two attached hydrogens (primary N) is 1. The Morgan fingerprint density at radius 1 is 1.14 bits per heavy atom. The average Bonchev–Trinajstić information content (AvgIpc) is 2.71. The van der Waals surface area contributed by atoms with Gasteiger partial charge in [0.2, 0.25) is 0 Å². The number of carbonyl (C=O) groups excluding carboxylic acids is 1. The number of anilines is 2. The lowest BCUT2D eigenvalue weighted by molar-refractivity contribution is 0.0924. The van der Waals surface area contributed by atoms with E-state index in [9.17, 15) is 19.5 Å². The molecule has 1 aromatic carbocycles. The molecule has 3 rings (SSSR count). The van der Waals surface area contributed by atoms with Crippen molar-refractivity contribution in [3.05, 3.63) is 50.7 Å². The minimum Gasteiger partial charge on any atom is -0.506 e. The van der Waals surface area contributed by atoms with Crippen molar-refractivity contribution >= 4 is 17.3 Å². The Kier molecular flexibility index (Phi) is 6.07. The summed E-state index contributed by atoms with van der Waals surface area (Å²) in [4.78, 5) is 41.7. The van der Waals surface area contributed by atoms with Gasteiger partial charge in [-0.25, -0.2) is 4.79 Å². The normalized spacial score (nSPS) is 14.9. The van der Waals surface area contributed by atoms with Crippen molar-refractivity contribution in [2.45, 2.75) is 19.9 Å². The molecule has 0 unspecified atom stereocenters. The quantitative estimate of drug-likeness (QED) is 0.667. The van der Waals surface area contributed by atoms with Crippen LogP contribution in [0.4, 0.5) is 11.5 Å². The fraction of sp³-hybridized carbons (Fsp3) is 0.450. The van der Waals surface area contributed by atoms with Crippen LogP contribution in [0.15, 0.2) is 33.9 Å². The van der Waals surface area contributed by atoms with Crippen LogP contribution in [-0.2, 0) is 13.6 Å². The standard InChI is InChI=1S/C20H27N5O4/c1-3-8-25-18(21)17(19(28)22(2)20(25)29)16(27)13-23-9-11-24(12-10-23)14-6-4-5-7-15(14)26/h4-7,26H,3,8-13,21H2,1-2H3. The number of aromatic nitrogens is 2. The summed E-state index contributed by atoms with van der Waals surface area (Å²) in [5.41, 5.74) is 5.51. The first kappa shape index (κ1) is 20.7. The van der Waals surface area contributed by atoms with E-state index >= 15 is 0 Å². The van der Waals surface area contributed by atoms with E-state index in [-0.39, 0.29) is 29.5 Å². The highest BCUT2D eigenvalue weighted by Gasteiger charge is 2.25. The molecule has 1 aromatic heterocycles. The molecule has 1 aliphatic heterocycles. The van der Waals surface area contributed by atoms with Crippen molar-refractivity contribution in [2.75, 3.05) is 43.4 Å². The zero-order valence-corrected chi connectivity index (χ0v) is 16.8. The van der Waals surface area contributed by atoms with Gasteiger partial charge in [-0.15, -0.1) is 0 Å². The van der Waals surface area contributed by atoms with Gasteiger partial charge in [-0.1, -0.05) is 19.1 Å². The smallest absolute Gasteiger partial charge is 0.332 e. The summed E-state index contributed by atoms with van der Waals surface area (Å²) in [5, 5.41) is 10.0. The third-order valence-corrected chi connectivity index (χ3v) is 5.27. The summed E-state index contributed by atoms with van der Waals surface area (Å²) in [6.45, 7) is 4.80. The topological polar surface area (TPSA) is 114 Å². The van der Waals surface area contributed by atoms with Gasteiger partial charge in [-0.2, -0.15) is 0 Å². The molecule has 156 valence electrons. The number of phenolic OH excluding ortho intramolecular Hbond substituents is 1. The number of para-hydroxylation sites is 2.